The first-order chi connectivity index (χ1) is 31.9. The monoisotopic (exact) mass is 1490 g/mol. The molecule has 33 nitrogen and oxygen atoms in total. The molecule has 70 heavy (non-hydrogen) atoms. The average Bonchev–Trinajstić information content (AvgIpc) is 3.35. The van der Waals surface area contributed by atoms with Gasteiger partial charge in [-0.25, -0.2) is 0 Å². The molecule has 0 aliphatic rings. The maximum atomic E-state index is 12.3. The van der Waals surface area contributed by atoms with Crippen molar-refractivity contribution in [1.82, 2.24) is 0 Å². The van der Waals surface area contributed by atoms with Gasteiger partial charge in [-0.1, -0.05) is 19.6 Å². The van der Waals surface area contributed by atoms with Crippen LogP contribution in [0.3, 0.4) is 0 Å². The normalized spacial score (nSPS) is 10.3. The zero-order valence-corrected chi connectivity index (χ0v) is 66.4. The molecule has 0 heterocycles. The van der Waals surface area contributed by atoms with Crippen LogP contribution in [0.2, 0.25) is 19.6 Å². The predicted molar refractivity (Wildman–Crippen MR) is 241 cm³/mol. The molecule has 64 heteroatoms. The molecular weight excluding hydrogens is 1470 g/mol. The van der Waals surface area contributed by atoms with Gasteiger partial charge in [0.25, 0.3) is 0 Å². The van der Waals surface area contributed by atoms with Crippen molar-refractivity contribution in [3.05, 3.63) is 0 Å². The summed E-state index contributed by atoms with van der Waals surface area (Å²) in [6.07, 6.45) is 0. The highest BCUT2D eigenvalue weighted by Crippen LogP contribution is 2.07. The molecule has 0 radical (unpaired) electrons. The highest BCUT2D eigenvalue weighted by molar-refractivity contribution is 7.82. The van der Waals surface area contributed by atoms with E-state index < -0.39 is 244 Å². The van der Waals surface area contributed by atoms with E-state index in [4.69, 9.17) is 17.4 Å². The minimum absolute atomic E-state index is 1.02. The van der Waals surface area contributed by atoms with Crippen molar-refractivity contribution in [3.63, 3.8) is 0 Å². The fraction of sp³-hybridized carbons (Fsp3) is 1.00. The first-order valence-corrected chi connectivity index (χ1v) is 90.4. The van der Waals surface area contributed by atoms with Crippen LogP contribution in [-0.2, 0) is 147 Å². The van der Waals surface area contributed by atoms with Crippen molar-refractivity contribution in [2.45, 2.75) is 19.6 Å². The Kier molecular flexibility index (Phi) is 34.3. The van der Waals surface area contributed by atoms with E-state index in [-0.39, 0.29) is 0 Å². The molecule has 0 aromatic rings. The molecule has 0 spiro atoms. The van der Waals surface area contributed by atoms with Gasteiger partial charge < -0.3 is 147 Å². The topological polar surface area (TPSA) is 532 Å². The van der Waals surface area contributed by atoms with Crippen LogP contribution in [0.4, 0.5) is 0 Å². The second-order valence-electron chi connectivity index (χ2n) is 12.6. The smallest absolute Gasteiger partial charge is 0.516 e. The second kappa shape index (κ2) is 33.0. The van der Waals surface area contributed by atoms with Crippen molar-refractivity contribution in [1.29, 1.82) is 0 Å². The third kappa shape index (κ3) is 20.2. The van der Waals surface area contributed by atoms with E-state index >= 15 is 0 Å². The molecule has 0 fully saturated rings. The van der Waals surface area contributed by atoms with Crippen LogP contribution < -0.4 is 0 Å². The van der Waals surface area contributed by atoms with Gasteiger partial charge in [0.15, 0.2) is 0 Å². The van der Waals surface area contributed by atoms with Crippen molar-refractivity contribution < 1.29 is 147 Å². The van der Waals surface area contributed by atoms with Gasteiger partial charge in [-0.05, 0) is 0 Å². The van der Waals surface area contributed by atoms with Crippen LogP contribution in [0.1, 0.15) is 0 Å². The summed E-state index contributed by atoms with van der Waals surface area (Å²) in [6.45, 7) is 4.62. The summed E-state index contributed by atoms with van der Waals surface area (Å²) < 4.78 is 366. The molecule has 0 amide bonds. The predicted octanol–water partition coefficient (Wildman–Crippen LogP) is -13.8. The Hall–Kier alpha value is 0.603. The number of rotatable bonds is 33. The molecular formula is C6H20O33Si31. The third-order valence-electron chi connectivity index (χ3n) is 7.03. The lowest BCUT2D eigenvalue weighted by Crippen LogP contribution is -2.56. The average molecular weight is 1490 g/mol. The summed E-state index contributed by atoms with van der Waals surface area (Å²) in [4.78, 5) is 0. The molecule has 0 bridgehead atoms. The van der Waals surface area contributed by atoms with Gasteiger partial charge >= 0.3 is 236 Å². The summed E-state index contributed by atoms with van der Waals surface area (Å²) >= 11 is 0. The van der Waals surface area contributed by atoms with E-state index in [0.717, 1.165) is 21.3 Å². The molecule has 0 atom stereocenters. The largest absolute Gasteiger partial charge is 0.736 e. The minimum atomic E-state index is -4.18. The van der Waals surface area contributed by atoms with Gasteiger partial charge in [0.05, 0.1) is 0 Å². The molecule has 0 aromatic carbocycles. The standard InChI is InChI=1S/C3H10O18Si15.C3H10O15Si16/c1-18-36(19-2,20-3)21-23(5)25(7)27(9)29(11)31(13)33(15)35(17)34(16)32(14)30(12)28(10)26(8)24(6)22-4;1-34(2,3)33(18)32(17)31(16)30(15)29(14)28(13)27(12)26(11)25(10)24(9)23(8)22(7)21(6)20(5)19-4/h22H,1-3H3;19H,1-3H3. The Labute approximate surface area is 427 Å². The lowest BCUT2D eigenvalue weighted by Gasteiger charge is -2.21. The van der Waals surface area contributed by atoms with E-state index in [1.54, 1.807) is 0 Å². The van der Waals surface area contributed by atoms with Crippen LogP contribution in [0, 0.1) is 0 Å². The zero-order valence-electron chi connectivity index (χ0n) is 35.1. The van der Waals surface area contributed by atoms with Crippen molar-refractivity contribution in [3.8, 4) is 0 Å². The fourth-order valence-corrected chi connectivity index (χ4v) is 311. The van der Waals surface area contributed by atoms with Crippen molar-refractivity contribution in [2.75, 3.05) is 21.3 Å². The molecule has 0 saturated heterocycles. The summed E-state index contributed by atoms with van der Waals surface area (Å²) in [5, 5.41) is 0. The quantitative estimate of drug-likeness (QED) is 0.0551. The highest BCUT2D eigenvalue weighted by atomic mass is 30.1. The lowest BCUT2D eigenvalue weighted by molar-refractivity contribution is 0.0493. The maximum Gasteiger partial charge on any atom is 0.736 e. The van der Waals surface area contributed by atoms with Crippen LogP contribution in [-0.4, -0.2) is 265 Å². The summed E-state index contributed by atoms with van der Waals surface area (Å²) in [5.74, 6) is 0. The van der Waals surface area contributed by atoms with E-state index in [9.17, 15) is 129 Å². The first-order valence-electron chi connectivity index (χ1n) is 16.8. The Morgan fingerprint density at radius 3 is 0.614 bits per heavy atom. The number of hydrogen-bond acceptors (Lipinski definition) is 33. The summed E-state index contributed by atoms with van der Waals surface area (Å²) in [6, 6.07) is 0. The van der Waals surface area contributed by atoms with E-state index in [1.807, 2.05) is 0 Å². The highest BCUT2D eigenvalue weighted by Gasteiger charge is 2.57. The van der Waals surface area contributed by atoms with Gasteiger partial charge in [0, 0.05) is 21.3 Å². The van der Waals surface area contributed by atoms with Gasteiger partial charge in [-0.3, -0.25) is 0 Å². The Bertz CT molecular complexity index is 2730. The summed E-state index contributed by atoms with van der Waals surface area (Å²) in [7, 11) is -113. The van der Waals surface area contributed by atoms with Gasteiger partial charge in [0.2, 0.25) is 0 Å². The van der Waals surface area contributed by atoms with E-state index in [0.29, 0.717) is 0 Å². The van der Waals surface area contributed by atoms with Gasteiger partial charge in [-0.2, -0.15) is 0 Å². The molecule has 366 valence electrons. The lowest BCUT2D eigenvalue weighted by atomic mass is 11.8. The Balaban J connectivity index is 0. The van der Waals surface area contributed by atoms with Crippen LogP contribution in [0.5, 0.6) is 0 Å². The van der Waals surface area contributed by atoms with Crippen molar-refractivity contribution >= 4 is 244 Å². The van der Waals surface area contributed by atoms with Crippen LogP contribution >= 0.6 is 0 Å². The third-order valence-corrected chi connectivity index (χ3v) is 224. The SMILES string of the molecule is CO[Si](OC)(OC)O[Si](=O)[Si](=O)[Si](=O)[Si](=O)[Si](=O)[Si](=O)[Si](=O)[Si](=O)[Si](=O)[Si](=O)[Si](=O)[Si](=O)[Si](=O)[SiH]=O.C[Si](C)(C)[Si](=O)[Si](=O)[Si](=O)[Si](=O)[Si](=O)[Si](=O)[Si](=O)[Si](=O)[Si](=O)[Si](=O)[Si](=O)[Si](=O)[Si](=O)[Si](=O)[SiH]=O. The molecule has 0 aliphatic carbocycles. The second-order valence-corrected chi connectivity index (χ2v) is 157. The summed E-state index contributed by atoms with van der Waals surface area (Å²) in [5.41, 5.74) is 0. The molecule has 0 unspecified atom stereocenters. The minimum Gasteiger partial charge on any atom is -0.516 e. The molecule has 0 saturated carbocycles. The fourth-order valence-electron chi connectivity index (χ4n) is 3.36. The number of hydrogen-bond donors (Lipinski definition) is 0. The van der Waals surface area contributed by atoms with Crippen molar-refractivity contribution in [2.24, 2.45) is 0 Å². The van der Waals surface area contributed by atoms with Crippen LogP contribution in [0.15, 0.2) is 0 Å². The van der Waals surface area contributed by atoms with Crippen LogP contribution in [0.25, 0.3) is 0 Å². The Morgan fingerprint density at radius 2 is 0.443 bits per heavy atom. The zero-order chi connectivity index (χ0) is 55.8. The van der Waals surface area contributed by atoms with E-state index in [2.05, 4.69) is 0 Å². The van der Waals surface area contributed by atoms with Gasteiger partial charge in [0.1, 0.15) is 7.59 Å². The molecule has 0 rings (SSSR count). The van der Waals surface area contributed by atoms with E-state index in [1.165, 1.54) is 19.6 Å². The molecule has 0 aromatic heterocycles. The first kappa shape index (κ1) is 72.7. The maximum absolute atomic E-state index is 12.3. The molecule has 0 aliphatic heterocycles. The Morgan fingerprint density at radius 1 is 0.271 bits per heavy atom. The molecule has 0 N–H and O–H groups in total. The van der Waals surface area contributed by atoms with Gasteiger partial charge in [-0.15, -0.1) is 0 Å².